The van der Waals surface area contributed by atoms with Crippen LogP contribution in [0.4, 0.5) is 0 Å². The minimum atomic E-state index is 0.750. The summed E-state index contributed by atoms with van der Waals surface area (Å²) in [5.41, 5.74) is 3.17. The molecule has 0 spiro atoms. The van der Waals surface area contributed by atoms with Gasteiger partial charge in [0, 0.05) is 6.54 Å². The average molecular weight is 305 g/mol. The van der Waals surface area contributed by atoms with E-state index < -0.39 is 0 Å². The molecule has 1 aliphatic carbocycles. The number of nitrogens with one attached hydrogen (secondary N) is 1. The smallest absolute Gasteiger partial charge is 0.0966 e. The molecule has 1 saturated heterocycles. The summed E-state index contributed by atoms with van der Waals surface area (Å²) in [4.78, 5) is 0. The van der Waals surface area contributed by atoms with Crippen molar-refractivity contribution in [3.8, 4) is 0 Å². The summed E-state index contributed by atoms with van der Waals surface area (Å²) in [6.45, 7) is 2.67. The fourth-order valence-corrected chi connectivity index (χ4v) is 3.70. The summed E-state index contributed by atoms with van der Waals surface area (Å²) in [5, 5.41) is 8.64. The Morgan fingerprint density at radius 1 is 0.783 bits per heavy atom. The van der Waals surface area contributed by atoms with Gasteiger partial charge in [-0.15, -0.1) is 0 Å². The molecule has 1 fully saturated rings. The second kappa shape index (κ2) is 6.69. The predicted molar refractivity (Wildman–Crippen MR) is 96.9 cm³/mol. The Morgan fingerprint density at radius 2 is 1.65 bits per heavy atom. The summed E-state index contributed by atoms with van der Waals surface area (Å²) in [7, 11) is 0. The third-order valence-electron chi connectivity index (χ3n) is 4.88. The molecule has 0 radical (unpaired) electrons. The largest absolute Gasteiger partial charge is 0.365 e. The van der Waals surface area contributed by atoms with Crippen LogP contribution < -0.4 is 5.32 Å². The highest BCUT2D eigenvalue weighted by Crippen LogP contribution is 2.33. The number of benzene rings is 3. The van der Waals surface area contributed by atoms with Crippen molar-refractivity contribution in [3.05, 3.63) is 59.7 Å². The van der Waals surface area contributed by atoms with Gasteiger partial charge in [0.15, 0.2) is 0 Å². The lowest BCUT2D eigenvalue weighted by Crippen LogP contribution is -2.05. The van der Waals surface area contributed by atoms with E-state index in [1.54, 1.807) is 11.1 Å². The topological polar surface area (TPSA) is 21.3 Å². The molecular formula is C21H23NO. The maximum absolute atomic E-state index is 4.83. The van der Waals surface area contributed by atoms with Crippen molar-refractivity contribution in [1.82, 2.24) is 5.32 Å². The van der Waals surface area contributed by atoms with E-state index in [0.29, 0.717) is 0 Å². The molecule has 0 atom stereocenters. The number of rotatable bonds is 0. The zero-order valence-electron chi connectivity index (χ0n) is 13.5. The van der Waals surface area contributed by atoms with Crippen LogP contribution in [0.3, 0.4) is 0 Å². The Balaban J connectivity index is 0.000000233. The highest BCUT2D eigenvalue weighted by atomic mass is 16.5. The molecule has 1 aliphatic heterocycles. The molecule has 0 bridgehead atoms. The summed E-state index contributed by atoms with van der Waals surface area (Å²) < 4.78 is 4.83. The first kappa shape index (κ1) is 14.7. The quantitative estimate of drug-likeness (QED) is 0.620. The lowest BCUT2D eigenvalue weighted by atomic mass is 9.86. The van der Waals surface area contributed by atoms with E-state index in [2.05, 4.69) is 53.8 Å². The van der Waals surface area contributed by atoms with Crippen LogP contribution in [0.25, 0.3) is 21.5 Å². The van der Waals surface area contributed by atoms with Crippen molar-refractivity contribution in [2.75, 3.05) is 19.9 Å². The molecule has 5 rings (SSSR count). The summed E-state index contributed by atoms with van der Waals surface area (Å²) >= 11 is 0. The highest BCUT2D eigenvalue weighted by molar-refractivity contribution is 6.08. The first-order chi connectivity index (χ1) is 11.4. The van der Waals surface area contributed by atoms with E-state index >= 15 is 0 Å². The molecule has 0 unspecified atom stereocenters. The van der Waals surface area contributed by atoms with Crippen molar-refractivity contribution in [2.45, 2.75) is 25.7 Å². The highest BCUT2D eigenvalue weighted by Gasteiger charge is 2.13. The maximum Gasteiger partial charge on any atom is 0.0966 e. The first-order valence-electron chi connectivity index (χ1n) is 8.64. The summed E-state index contributed by atoms with van der Waals surface area (Å²) in [6.07, 6.45) is 5.22. The zero-order chi connectivity index (χ0) is 15.5. The van der Waals surface area contributed by atoms with Crippen molar-refractivity contribution in [3.63, 3.8) is 0 Å². The molecule has 3 aromatic rings. The van der Waals surface area contributed by atoms with Crippen molar-refractivity contribution < 1.29 is 4.74 Å². The molecule has 2 aliphatic rings. The molecule has 2 nitrogen and oxygen atoms in total. The Hall–Kier alpha value is -1.90. The van der Waals surface area contributed by atoms with Gasteiger partial charge >= 0.3 is 0 Å². The second-order valence-electron chi connectivity index (χ2n) is 6.34. The molecule has 1 N–H and O–H groups in total. The monoisotopic (exact) mass is 305 g/mol. The number of fused-ring (bicyclic) bond motifs is 5. The van der Waals surface area contributed by atoms with E-state index in [1.807, 2.05) is 0 Å². The van der Waals surface area contributed by atoms with Crippen LogP contribution >= 0.6 is 0 Å². The number of hydrogen-bond donors (Lipinski definition) is 1. The van der Waals surface area contributed by atoms with Gasteiger partial charge in [0.25, 0.3) is 0 Å². The van der Waals surface area contributed by atoms with Crippen LogP contribution in [0.1, 0.15) is 24.0 Å². The van der Waals surface area contributed by atoms with Gasteiger partial charge in [0.2, 0.25) is 0 Å². The SMILES string of the molecule is C1COCN1.c1ccc2c(c1)ccc1c3c(ccc12)CCCC3. The van der Waals surface area contributed by atoms with Crippen LogP contribution in [0, 0.1) is 0 Å². The normalized spacial score (nSPS) is 16.9. The number of aryl methyl sites for hydroxylation is 2. The van der Waals surface area contributed by atoms with E-state index in [1.165, 1.54) is 47.2 Å². The van der Waals surface area contributed by atoms with Crippen LogP contribution in [-0.2, 0) is 17.6 Å². The van der Waals surface area contributed by atoms with Gasteiger partial charge in [-0.3, -0.25) is 5.32 Å². The molecule has 0 saturated carbocycles. The number of hydrogen-bond acceptors (Lipinski definition) is 2. The third kappa shape index (κ3) is 2.97. The zero-order valence-corrected chi connectivity index (χ0v) is 13.5. The molecular weight excluding hydrogens is 282 g/mol. The van der Waals surface area contributed by atoms with Crippen molar-refractivity contribution in [1.29, 1.82) is 0 Å². The Kier molecular flexibility index (Phi) is 4.27. The van der Waals surface area contributed by atoms with Gasteiger partial charge in [-0.25, -0.2) is 0 Å². The average Bonchev–Trinajstić information content (AvgIpc) is 3.21. The molecule has 3 aromatic carbocycles. The lowest BCUT2D eigenvalue weighted by molar-refractivity contribution is 0.194. The van der Waals surface area contributed by atoms with Gasteiger partial charge in [-0.1, -0.05) is 48.5 Å². The Morgan fingerprint density at radius 3 is 2.48 bits per heavy atom. The maximum atomic E-state index is 4.83. The third-order valence-corrected chi connectivity index (χ3v) is 4.88. The Labute approximate surface area is 137 Å². The fourth-order valence-electron chi connectivity index (χ4n) is 3.70. The van der Waals surface area contributed by atoms with Gasteiger partial charge < -0.3 is 4.74 Å². The standard InChI is InChI=1S/C18H16.C3H7NO/c1-3-7-15-13(5-1)9-11-18-16-8-4-2-6-14(16)10-12-17(15)18;1-2-5-3-4-1/h1,3,5,7,9-12H,2,4,6,8H2;4H,1-3H2. The molecule has 2 heteroatoms. The Bertz CT molecular complexity index is 813. The molecule has 118 valence electrons. The number of ether oxygens (including phenoxy) is 1. The second-order valence-corrected chi connectivity index (χ2v) is 6.34. The molecule has 0 aromatic heterocycles. The predicted octanol–water partition coefficient (Wildman–Crippen LogP) is 4.44. The molecule has 23 heavy (non-hydrogen) atoms. The summed E-state index contributed by atoms with van der Waals surface area (Å²) in [6, 6.07) is 18.0. The van der Waals surface area contributed by atoms with Gasteiger partial charge in [-0.05, 0) is 58.4 Å². The van der Waals surface area contributed by atoms with Crippen LogP contribution in [0.15, 0.2) is 48.5 Å². The van der Waals surface area contributed by atoms with Gasteiger partial charge in [0.1, 0.15) is 0 Å². The fraction of sp³-hybridized carbons (Fsp3) is 0.333. The van der Waals surface area contributed by atoms with E-state index in [-0.39, 0.29) is 0 Å². The molecule has 1 heterocycles. The minimum Gasteiger partial charge on any atom is -0.365 e. The van der Waals surface area contributed by atoms with Crippen molar-refractivity contribution in [2.24, 2.45) is 0 Å². The van der Waals surface area contributed by atoms with Gasteiger partial charge in [-0.2, -0.15) is 0 Å². The van der Waals surface area contributed by atoms with E-state index in [9.17, 15) is 0 Å². The summed E-state index contributed by atoms with van der Waals surface area (Å²) in [5.74, 6) is 0. The lowest BCUT2D eigenvalue weighted by Gasteiger charge is -2.18. The first-order valence-corrected chi connectivity index (χ1v) is 8.64. The van der Waals surface area contributed by atoms with Crippen LogP contribution in [-0.4, -0.2) is 19.9 Å². The van der Waals surface area contributed by atoms with Crippen molar-refractivity contribution >= 4 is 21.5 Å². The molecule has 0 amide bonds. The van der Waals surface area contributed by atoms with Crippen LogP contribution in [0.2, 0.25) is 0 Å². The minimum absolute atomic E-state index is 0.750. The van der Waals surface area contributed by atoms with E-state index in [4.69, 9.17) is 4.74 Å². The van der Waals surface area contributed by atoms with E-state index in [0.717, 1.165) is 19.9 Å². The van der Waals surface area contributed by atoms with Gasteiger partial charge in [0.05, 0.1) is 13.3 Å². The van der Waals surface area contributed by atoms with Crippen LogP contribution in [0.5, 0.6) is 0 Å².